The van der Waals surface area contributed by atoms with Crippen molar-refractivity contribution in [2.24, 2.45) is 0 Å². The average molecular weight is 345 g/mol. The van der Waals surface area contributed by atoms with E-state index in [1.165, 1.54) is 5.56 Å². The average Bonchev–Trinajstić information content (AvgIpc) is 3.20. The molecule has 1 aliphatic carbocycles. The molecule has 0 fully saturated rings. The highest BCUT2D eigenvalue weighted by atomic mass is 16.5. The van der Waals surface area contributed by atoms with E-state index < -0.39 is 0 Å². The highest BCUT2D eigenvalue weighted by Crippen LogP contribution is 2.29. The van der Waals surface area contributed by atoms with E-state index in [1.807, 2.05) is 18.5 Å². The Morgan fingerprint density at radius 1 is 1.40 bits per heavy atom. The lowest BCUT2D eigenvalue weighted by molar-refractivity contribution is -0.122. The summed E-state index contributed by atoms with van der Waals surface area (Å²) in [5.74, 6) is 1.43. The summed E-state index contributed by atoms with van der Waals surface area (Å²) in [5, 5.41) is 11.7. The highest BCUT2D eigenvalue weighted by molar-refractivity contribution is 5.76. The maximum Gasteiger partial charge on any atom is 0.227 e. The van der Waals surface area contributed by atoms with Crippen LogP contribution < -0.4 is 5.32 Å². The molecule has 0 bridgehead atoms. The minimum atomic E-state index is 0.00115. The summed E-state index contributed by atoms with van der Waals surface area (Å²) < 4.78 is 7.18. The predicted molar refractivity (Wildman–Crippen MR) is 93.1 cm³/mol. The van der Waals surface area contributed by atoms with Gasteiger partial charge in [0.1, 0.15) is 0 Å². The minimum Gasteiger partial charge on any atom is -0.348 e. The number of fused-ring (bicyclic) bond motifs is 1. The lowest BCUT2D eigenvalue weighted by Crippen LogP contribution is -2.31. The van der Waals surface area contributed by atoms with Crippen LogP contribution in [0.4, 0.5) is 0 Å². The van der Waals surface area contributed by atoms with Gasteiger partial charge >= 0.3 is 0 Å². The number of aromatic nitrogens is 4. The van der Waals surface area contributed by atoms with Gasteiger partial charge in [-0.1, -0.05) is 19.0 Å². The largest absolute Gasteiger partial charge is 0.348 e. The summed E-state index contributed by atoms with van der Waals surface area (Å²) in [6.45, 7) is 8.25. The molecule has 136 valence electrons. The Labute approximate surface area is 148 Å². The summed E-state index contributed by atoms with van der Waals surface area (Å²) in [6.07, 6.45) is 5.97. The lowest BCUT2D eigenvalue weighted by atomic mass is 9.93. The summed E-state index contributed by atoms with van der Waals surface area (Å²) in [6, 6.07) is 0.333. The third kappa shape index (κ3) is 4.08. The van der Waals surface area contributed by atoms with E-state index >= 15 is 0 Å². The molecule has 0 saturated heterocycles. The Kier molecular flexibility index (Phi) is 5.20. The molecule has 1 aliphatic rings. The van der Waals surface area contributed by atoms with Gasteiger partial charge in [-0.3, -0.25) is 9.48 Å². The van der Waals surface area contributed by atoms with Crippen molar-refractivity contribution in [2.45, 2.75) is 77.8 Å². The smallest absolute Gasteiger partial charge is 0.227 e. The molecule has 0 aromatic carbocycles. The monoisotopic (exact) mass is 345 g/mol. The Hall–Kier alpha value is -2.18. The number of aryl methyl sites for hydroxylation is 2. The van der Waals surface area contributed by atoms with Crippen molar-refractivity contribution >= 4 is 5.91 Å². The number of nitrogens with one attached hydrogen (secondary N) is 1. The Morgan fingerprint density at radius 3 is 2.88 bits per heavy atom. The molecule has 7 nitrogen and oxygen atoms in total. The van der Waals surface area contributed by atoms with Crippen LogP contribution in [0, 0.1) is 0 Å². The zero-order valence-electron chi connectivity index (χ0n) is 15.5. The molecule has 2 aromatic heterocycles. The number of carbonyl (C=O) groups is 1. The van der Waals surface area contributed by atoms with Gasteiger partial charge in [-0.15, -0.1) is 0 Å². The quantitative estimate of drug-likeness (QED) is 0.869. The van der Waals surface area contributed by atoms with Gasteiger partial charge in [0.05, 0.1) is 11.7 Å². The number of amides is 1. The third-order valence-electron chi connectivity index (χ3n) is 4.54. The number of carbonyl (C=O) groups excluding carboxylic acids is 1. The van der Waals surface area contributed by atoms with Gasteiger partial charge < -0.3 is 9.84 Å². The van der Waals surface area contributed by atoms with Crippen molar-refractivity contribution in [1.82, 2.24) is 25.2 Å². The second-order valence-electron chi connectivity index (χ2n) is 7.33. The van der Waals surface area contributed by atoms with Crippen LogP contribution in [0.1, 0.15) is 87.9 Å². The zero-order valence-corrected chi connectivity index (χ0v) is 15.5. The first-order valence-corrected chi connectivity index (χ1v) is 9.13. The fraction of sp³-hybridized carbons (Fsp3) is 0.667. The zero-order chi connectivity index (χ0) is 18.0. The van der Waals surface area contributed by atoms with Gasteiger partial charge in [-0.05, 0) is 38.7 Å². The molecule has 7 heteroatoms. The van der Waals surface area contributed by atoms with E-state index in [-0.39, 0.29) is 17.9 Å². The number of hydrogen-bond acceptors (Lipinski definition) is 5. The minimum absolute atomic E-state index is 0.00115. The number of rotatable bonds is 6. The predicted octanol–water partition coefficient (Wildman–Crippen LogP) is 3.10. The molecule has 1 amide bonds. The number of nitrogens with zero attached hydrogens (tertiary/aromatic N) is 4. The van der Waals surface area contributed by atoms with Crippen molar-refractivity contribution in [3.8, 4) is 0 Å². The highest BCUT2D eigenvalue weighted by Gasteiger charge is 2.25. The molecule has 0 radical (unpaired) electrons. The summed E-state index contributed by atoms with van der Waals surface area (Å²) in [5.41, 5.74) is 2.27. The maximum absolute atomic E-state index is 12.3. The Morgan fingerprint density at radius 2 is 2.20 bits per heavy atom. The van der Waals surface area contributed by atoms with E-state index in [4.69, 9.17) is 4.52 Å². The van der Waals surface area contributed by atoms with Gasteiger partial charge in [-0.25, -0.2) is 0 Å². The summed E-state index contributed by atoms with van der Waals surface area (Å²) in [7, 11) is 0. The summed E-state index contributed by atoms with van der Waals surface area (Å²) >= 11 is 0. The van der Waals surface area contributed by atoms with Crippen LogP contribution in [0.15, 0.2) is 10.7 Å². The SMILES string of the molecule is CC(C)c1noc(CCC(=O)N[C@H]2CCCc3cn(C(C)C)nc32)n1. The van der Waals surface area contributed by atoms with Crippen LogP contribution >= 0.6 is 0 Å². The summed E-state index contributed by atoms with van der Waals surface area (Å²) in [4.78, 5) is 16.7. The number of hydrogen-bond donors (Lipinski definition) is 1. The molecule has 2 aromatic rings. The van der Waals surface area contributed by atoms with E-state index in [0.29, 0.717) is 30.6 Å². The van der Waals surface area contributed by atoms with Crippen LogP contribution in [-0.4, -0.2) is 25.8 Å². The van der Waals surface area contributed by atoms with Crippen LogP contribution in [0.2, 0.25) is 0 Å². The second kappa shape index (κ2) is 7.37. The van der Waals surface area contributed by atoms with E-state index in [0.717, 1.165) is 25.0 Å². The molecule has 0 spiro atoms. The van der Waals surface area contributed by atoms with Crippen LogP contribution in [0.3, 0.4) is 0 Å². The van der Waals surface area contributed by atoms with E-state index in [1.54, 1.807) is 0 Å². The molecule has 2 heterocycles. The van der Waals surface area contributed by atoms with Gasteiger partial charge in [-0.2, -0.15) is 10.1 Å². The molecule has 0 saturated carbocycles. The normalized spacial score (nSPS) is 17.1. The first-order chi connectivity index (χ1) is 11.9. The molecule has 1 N–H and O–H groups in total. The van der Waals surface area contributed by atoms with Crippen molar-refractivity contribution in [3.05, 3.63) is 29.2 Å². The fourth-order valence-corrected chi connectivity index (χ4v) is 3.06. The molecule has 0 unspecified atom stereocenters. The second-order valence-corrected chi connectivity index (χ2v) is 7.33. The van der Waals surface area contributed by atoms with Crippen LogP contribution in [-0.2, 0) is 17.6 Å². The van der Waals surface area contributed by atoms with Crippen molar-refractivity contribution in [1.29, 1.82) is 0 Å². The van der Waals surface area contributed by atoms with Crippen molar-refractivity contribution in [2.75, 3.05) is 0 Å². The molecule has 25 heavy (non-hydrogen) atoms. The van der Waals surface area contributed by atoms with Gasteiger partial charge in [0, 0.05) is 31.0 Å². The standard InChI is InChI=1S/C18H27N5O2/c1-11(2)18-20-16(25-22-18)9-8-15(24)19-14-7-5-6-13-10-23(12(3)4)21-17(13)14/h10-12,14H,5-9H2,1-4H3,(H,19,24)/t14-/m0/s1. The third-order valence-corrected chi connectivity index (χ3v) is 4.54. The maximum atomic E-state index is 12.3. The Balaban J connectivity index is 1.58. The topological polar surface area (TPSA) is 85.8 Å². The first kappa shape index (κ1) is 17.6. The van der Waals surface area contributed by atoms with Crippen LogP contribution in [0.25, 0.3) is 0 Å². The lowest BCUT2D eigenvalue weighted by Gasteiger charge is -2.22. The molecule has 0 aliphatic heterocycles. The first-order valence-electron chi connectivity index (χ1n) is 9.13. The van der Waals surface area contributed by atoms with Crippen molar-refractivity contribution in [3.63, 3.8) is 0 Å². The van der Waals surface area contributed by atoms with E-state index in [9.17, 15) is 4.79 Å². The molecular formula is C18H27N5O2. The van der Waals surface area contributed by atoms with Gasteiger partial charge in [0.25, 0.3) is 0 Å². The molecule has 3 rings (SSSR count). The molecule has 1 atom stereocenters. The fourth-order valence-electron chi connectivity index (χ4n) is 3.06. The van der Waals surface area contributed by atoms with E-state index in [2.05, 4.69) is 40.6 Å². The van der Waals surface area contributed by atoms with Gasteiger partial charge in [0.2, 0.25) is 11.8 Å². The molecular weight excluding hydrogens is 318 g/mol. The van der Waals surface area contributed by atoms with Crippen molar-refractivity contribution < 1.29 is 9.32 Å². The van der Waals surface area contributed by atoms with Gasteiger partial charge in [0.15, 0.2) is 5.82 Å². The Bertz CT molecular complexity index is 732. The van der Waals surface area contributed by atoms with Crippen LogP contribution in [0.5, 0.6) is 0 Å².